The maximum Gasteiger partial charge on any atom is 0.392 e. The summed E-state index contributed by atoms with van der Waals surface area (Å²) in [6, 6.07) is 1.41. The van der Waals surface area contributed by atoms with Gasteiger partial charge < -0.3 is 5.11 Å². The van der Waals surface area contributed by atoms with Crippen molar-refractivity contribution in [2.45, 2.75) is 44.2 Å². The van der Waals surface area contributed by atoms with Gasteiger partial charge in [0.05, 0.1) is 17.2 Å². The van der Waals surface area contributed by atoms with Crippen LogP contribution in [0.15, 0.2) is 6.07 Å². The molecule has 1 heterocycles. The molecule has 108 valence electrons. The third-order valence-corrected chi connectivity index (χ3v) is 4.07. The first-order chi connectivity index (χ1) is 9.36. The van der Waals surface area contributed by atoms with Gasteiger partial charge in [0.1, 0.15) is 0 Å². The fourth-order valence-corrected chi connectivity index (χ4v) is 2.80. The summed E-state index contributed by atoms with van der Waals surface area (Å²) < 4.78 is 38.3. The zero-order valence-electron chi connectivity index (χ0n) is 10.7. The van der Waals surface area contributed by atoms with Gasteiger partial charge in [-0.3, -0.25) is 4.98 Å². The second kappa shape index (κ2) is 4.46. The number of fused-ring (bicyclic) bond motifs is 1. The fourth-order valence-electron chi connectivity index (χ4n) is 2.80. The smallest absolute Gasteiger partial charge is 0.392 e. The van der Waals surface area contributed by atoms with Crippen LogP contribution in [-0.2, 0) is 12.8 Å². The lowest BCUT2D eigenvalue weighted by Gasteiger charge is -2.26. The number of rotatable bonds is 2. The van der Waals surface area contributed by atoms with Crippen molar-refractivity contribution in [2.75, 3.05) is 0 Å². The van der Waals surface area contributed by atoms with E-state index in [-0.39, 0.29) is 30.7 Å². The van der Waals surface area contributed by atoms with E-state index in [1.165, 1.54) is 6.07 Å². The van der Waals surface area contributed by atoms with Gasteiger partial charge in [0.2, 0.25) is 0 Å². The lowest BCUT2D eigenvalue weighted by Crippen LogP contribution is -2.29. The largest absolute Gasteiger partial charge is 0.478 e. The summed E-state index contributed by atoms with van der Waals surface area (Å²) in [5.74, 6) is -2.31. The molecule has 3 nitrogen and oxygen atoms in total. The zero-order chi connectivity index (χ0) is 14.5. The number of hydrogen-bond donors (Lipinski definition) is 1. The van der Waals surface area contributed by atoms with E-state index < -0.39 is 18.1 Å². The van der Waals surface area contributed by atoms with Gasteiger partial charge in [-0.1, -0.05) is 0 Å². The normalized spacial score (nSPS) is 22.4. The van der Waals surface area contributed by atoms with Crippen LogP contribution in [0.4, 0.5) is 13.2 Å². The van der Waals surface area contributed by atoms with Crippen molar-refractivity contribution in [3.63, 3.8) is 0 Å². The van der Waals surface area contributed by atoms with Crippen molar-refractivity contribution in [1.82, 2.24) is 4.98 Å². The Morgan fingerprint density at radius 1 is 1.30 bits per heavy atom. The van der Waals surface area contributed by atoms with Crippen molar-refractivity contribution in [1.29, 1.82) is 0 Å². The van der Waals surface area contributed by atoms with Crippen LogP contribution in [0.25, 0.3) is 0 Å². The summed E-state index contributed by atoms with van der Waals surface area (Å²) in [7, 11) is 0. The van der Waals surface area contributed by atoms with Gasteiger partial charge in [0.25, 0.3) is 0 Å². The van der Waals surface area contributed by atoms with Gasteiger partial charge in [0.15, 0.2) is 0 Å². The molecule has 1 saturated carbocycles. The predicted molar refractivity (Wildman–Crippen MR) is 64.7 cm³/mol. The summed E-state index contributed by atoms with van der Waals surface area (Å²) in [6.45, 7) is 0. The number of carbonyl (C=O) groups is 1. The molecule has 1 atom stereocenters. The summed E-state index contributed by atoms with van der Waals surface area (Å²) in [5.41, 5.74) is 1.73. The molecule has 0 saturated heterocycles. The Bertz CT molecular complexity index is 564. The Morgan fingerprint density at radius 2 is 2.00 bits per heavy atom. The second-order valence-electron chi connectivity index (χ2n) is 5.59. The minimum absolute atomic E-state index is 0.0417. The summed E-state index contributed by atoms with van der Waals surface area (Å²) >= 11 is 0. The van der Waals surface area contributed by atoms with Crippen LogP contribution >= 0.6 is 0 Å². The number of aromatic nitrogens is 1. The third-order valence-electron chi connectivity index (χ3n) is 4.07. The average Bonchev–Trinajstić information content (AvgIpc) is 3.19. The van der Waals surface area contributed by atoms with Crippen LogP contribution in [0.2, 0.25) is 0 Å². The number of carboxylic acid groups (broad SMARTS) is 1. The van der Waals surface area contributed by atoms with E-state index in [0.717, 1.165) is 12.8 Å². The highest BCUT2D eigenvalue weighted by atomic mass is 19.4. The number of carboxylic acids is 1. The molecule has 0 radical (unpaired) electrons. The Balaban J connectivity index is 1.98. The van der Waals surface area contributed by atoms with Crippen LogP contribution in [0.1, 0.15) is 52.5 Å². The Morgan fingerprint density at radius 3 is 2.55 bits per heavy atom. The molecule has 0 aliphatic heterocycles. The van der Waals surface area contributed by atoms with E-state index in [1.807, 2.05) is 0 Å². The molecule has 2 aliphatic carbocycles. The number of pyridine rings is 1. The first-order valence-corrected chi connectivity index (χ1v) is 6.69. The van der Waals surface area contributed by atoms with Crippen LogP contribution in [0.3, 0.4) is 0 Å². The molecule has 6 heteroatoms. The fraction of sp³-hybridized carbons (Fsp3) is 0.571. The summed E-state index contributed by atoms with van der Waals surface area (Å²) in [5, 5.41) is 9.21. The monoisotopic (exact) mass is 285 g/mol. The van der Waals surface area contributed by atoms with Crippen LogP contribution in [0.5, 0.6) is 0 Å². The van der Waals surface area contributed by atoms with Gasteiger partial charge in [0, 0.05) is 11.6 Å². The molecule has 2 aliphatic rings. The molecule has 0 bridgehead atoms. The van der Waals surface area contributed by atoms with E-state index in [0.29, 0.717) is 17.0 Å². The summed E-state index contributed by atoms with van der Waals surface area (Å²) in [6.07, 6.45) is -2.24. The molecule has 1 aromatic rings. The quantitative estimate of drug-likeness (QED) is 0.906. The minimum Gasteiger partial charge on any atom is -0.478 e. The average molecular weight is 285 g/mol. The SMILES string of the molecule is O=C(O)c1cc2c(nc1C1CC1)CCC(C(F)(F)F)C2. The minimum atomic E-state index is -4.23. The highest BCUT2D eigenvalue weighted by Gasteiger charge is 2.42. The van der Waals surface area contributed by atoms with Crippen molar-refractivity contribution in [2.24, 2.45) is 5.92 Å². The van der Waals surface area contributed by atoms with E-state index in [4.69, 9.17) is 0 Å². The third kappa shape index (κ3) is 2.39. The molecular formula is C14H14F3NO2. The van der Waals surface area contributed by atoms with E-state index in [2.05, 4.69) is 4.98 Å². The van der Waals surface area contributed by atoms with E-state index in [9.17, 15) is 23.1 Å². The first kappa shape index (κ1) is 13.4. The molecule has 1 aromatic heterocycles. The van der Waals surface area contributed by atoms with Crippen LogP contribution in [-0.4, -0.2) is 22.2 Å². The number of halogens is 3. The molecule has 0 aromatic carbocycles. The molecule has 1 N–H and O–H groups in total. The van der Waals surface area contributed by atoms with Gasteiger partial charge in [-0.05, 0) is 43.7 Å². The highest BCUT2D eigenvalue weighted by Crippen LogP contribution is 2.43. The van der Waals surface area contributed by atoms with Gasteiger partial charge in [-0.25, -0.2) is 4.79 Å². The highest BCUT2D eigenvalue weighted by molar-refractivity contribution is 5.89. The second-order valence-corrected chi connectivity index (χ2v) is 5.59. The molecule has 3 rings (SSSR count). The first-order valence-electron chi connectivity index (χ1n) is 6.69. The van der Waals surface area contributed by atoms with Gasteiger partial charge >= 0.3 is 12.1 Å². The lowest BCUT2D eigenvalue weighted by molar-refractivity contribution is -0.177. The van der Waals surface area contributed by atoms with Crippen LogP contribution < -0.4 is 0 Å². The van der Waals surface area contributed by atoms with Gasteiger partial charge in [-0.15, -0.1) is 0 Å². The van der Waals surface area contributed by atoms with Gasteiger partial charge in [-0.2, -0.15) is 13.2 Å². The topological polar surface area (TPSA) is 50.2 Å². The lowest BCUT2D eigenvalue weighted by atomic mass is 9.85. The standard InChI is InChI=1S/C14H14F3NO2/c15-14(16,17)9-3-4-11-8(5-9)6-10(13(19)20)12(18-11)7-1-2-7/h6-7,9H,1-5H2,(H,19,20). The predicted octanol–water partition coefficient (Wildman–Crippen LogP) is 3.32. The molecular weight excluding hydrogens is 271 g/mol. The van der Waals surface area contributed by atoms with E-state index >= 15 is 0 Å². The number of alkyl halides is 3. The molecule has 1 fully saturated rings. The molecule has 0 amide bonds. The summed E-state index contributed by atoms with van der Waals surface area (Å²) in [4.78, 5) is 15.6. The van der Waals surface area contributed by atoms with Crippen molar-refractivity contribution in [3.8, 4) is 0 Å². The van der Waals surface area contributed by atoms with Crippen molar-refractivity contribution >= 4 is 5.97 Å². The Hall–Kier alpha value is -1.59. The molecule has 0 spiro atoms. The Kier molecular flexibility index (Phi) is 2.99. The number of hydrogen-bond acceptors (Lipinski definition) is 2. The number of nitrogens with zero attached hydrogens (tertiary/aromatic N) is 1. The maximum absolute atomic E-state index is 12.8. The van der Waals surface area contributed by atoms with Crippen LogP contribution in [0, 0.1) is 5.92 Å². The number of aromatic carboxylic acids is 1. The number of aryl methyl sites for hydroxylation is 1. The van der Waals surface area contributed by atoms with E-state index in [1.54, 1.807) is 0 Å². The van der Waals surface area contributed by atoms with Crippen molar-refractivity contribution < 1.29 is 23.1 Å². The maximum atomic E-state index is 12.8. The molecule has 1 unspecified atom stereocenters. The zero-order valence-corrected chi connectivity index (χ0v) is 10.7. The van der Waals surface area contributed by atoms with Crippen molar-refractivity contribution in [3.05, 3.63) is 28.6 Å². The Labute approximate surface area is 113 Å². The molecule has 20 heavy (non-hydrogen) atoms.